The van der Waals surface area contributed by atoms with Crippen LogP contribution in [0.5, 0.6) is 11.5 Å². The number of methoxy groups -OCH3 is 2. The van der Waals surface area contributed by atoms with Crippen LogP contribution < -0.4 is 19.1 Å². The molecule has 0 fully saturated rings. The van der Waals surface area contributed by atoms with E-state index in [-0.39, 0.29) is 34.7 Å². The van der Waals surface area contributed by atoms with Crippen molar-refractivity contribution in [3.8, 4) is 11.5 Å². The van der Waals surface area contributed by atoms with Gasteiger partial charge in [0.15, 0.2) is 0 Å². The monoisotopic (exact) mass is 659 g/mol. The Hall–Kier alpha value is -3.57. The first-order valence-electron chi connectivity index (χ1n) is 13.5. The largest absolute Gasteiger partial charge is 0.497 e. The van der Waals surface area contributed by atoms with Crippen molar-refractivity contribution in [3.05, 3.63) is 82.3 Å². The van der Waals surface area contributed by atoms with E-state index in [1.54, 1.807) is 31.2 Å². The molecule has 0 heterocycles. The van der Waals surface area contributed by atoms with Gasteiger partial charge in [0.25, 0.3) is 10.0 Å². The molecule has 0 spiro atoms. The molecule has 11 heteroatoms. The van der Waals surface area contributed by atoms with Crippen LogP contribution in [0.3, 0.4) is 0 Å². The number of amides is 2. The molecule has 3 aromatic rings. The topological polar surface area (TPSA) is 105 Å². The minimum Gasteiger partial charge on any atom is -0.497 e. The number of anilines is 1. The molecule has 0 aliphatic carbocycles. The number of hydrogen-bond acceptors (Lipinski definition) is 6. The second-order valence-corrected chi connectivity index (χ2v) is 13.1. The predicted molar refractivity (Wildman–Crippen MR) is 167 cm³/mol. The zero-order valence-electron chi connectivity index (χ0n) is 24.8. The lowest BCUT2D eigenvalue weighted by molar-refractivity contribution is -0.139. The van der Waals surface area contributed by atoms with Crippen LogP contribution in [0.2, 0.25) is 0 Å². The van der Waals surface area contributed by atoms with E-state index in [1.807, 2.05) is 45.0 Å². The minimum absolute atomic E-state index is 0.00652. The summed E-state index contributed by atoms with van der Waals surface area (Å²) < 4.78 is 41.0. The lowest BCUT2D eigenvalue weighted by Gasteiger charge is -2.32. The maximum Gasteiger partial charge on any atom is 0.264 e. The van der Waals surface area contributed by atoms with Crippen molar-refractivity contribution >= 4 is 43.5 Å². The second-order valence-electron chi connectivity index (χ2n) is 10.3. The Morgan fingerprint density at radius 3 is 2.24 bits per heavy atom. The smallest absolute Gasteiger partial charge is 0.264 e. The molecule has 1 N–H and O–H groups in total. The Labute approximate surface area is 257 Å². The highest BCUT2D eigenvalue weighted by molar-refractivity contribution is 9.10. The molecule has 9 nitrogen and oxygen atoms in total. The Kier molecular flexibility index (Phi) is 11.4. The van der Waals surface area contributed by atoms with Crippen LogP contribution in [0.1, 0.15) is 31.9 Å². The first kappa shape index (κ1) is 32.9. The molecule has 0 unspecified atom stereocenters. The third kappa shape index (κ3) is 8.25. The Balaban J connectivity index is 2.11. The minimum atomic E-state index is -4.26. The highest BCUT2D eigenvalue weighted by Crippen LogP contribution is 2.36. The molecule has 0 saturated heterocycles. The fourth-order valence-corrected chi connectivity index (χ4v) is 6.07. The molecule has 3 aromatic carbocycles. The van der Waals surface area contributed by atoms with Gasteiger partial charge in [-0.05, 0) is 61.7 Å². The number of halogens is 1. The van der Waals surface area contributed by atoms with Gasteiger partial charge in [-0.3, -0.25) is 13.9 Å². The fraction of sp³-hybridized carbons (Fsp3) is 0.355. The zero-order valence-corrected chi connectivity index (χ0v) is 27.2. The maximum atomic E-state index is 14.1. The van der Waals surface area contributed by atoms with E-state index in [0.29, 0.717) is 12.3 Å². The molecule has 0 bridgehead atoms. The van der Waals surface area contributed by atoms with Crippen LogP contribution in [0, 0.1) is 12.8 Å². The summed E-state index contributed by atoms with van der Waals surface area (Å²) in [6.45, 7) is 7.38. The summed E-state index contributed by atoms with van der Waals surface area (Å²) in [6.07, 6.45) is 0. The van der Waals surface area contributed by atoms with Crippen LogP contribution in [-0.4, -0.2) is 58.5 Å². The van der Waals surface area contributed by atoms with Crippen molar-refractivity contribution in [2.24, 2.45) is 5.92 Å². The normalized spacial score (nSPS) is 12.0. The van der Waals surface area contributed by atoms with E-state index in [0.717, 1.165) is 19.9 Å². The highest BCUT2D eigenvalue weighted by Gasteiger charge is 2.34. The van der Waals surface area contributed by atoms with E-state index in [2.05, 4.69) is 21.2 Å². The third-order valence-corrected chi connectivity index (χ3v) is 8.90. The Morgan fingerprint density at radius 1 is 0.952 bits per heavy atom. The molecule has 226 valence electrons. The fourth-order valence-electron chi connectivity index (χ4n) is 4.21. The molecule has 3 rings (SSSR count). The van der Waals surface area contributed by atoms with E-state index >= 15 is 0 Å². The van der Waals surface area contributed by atoms with Gasteiger partial charge in [0.1, 0.15) is 24.1 Å². The van der Waals surface area contributed by atoms with Crippen molar-refractivity contribution in [1.29, 1.82) is 0 Å². The molecule has 0 aliphatic heterocycles. The molecule has 42 heavy (non-hydrogen) atoms. The van der Waals surface area contributed by atoms with Crippen LogP contribution >= 0.6 is 15.9 Å². The van der Waals surface area contributed by atoms with Crippen LogP contribution in [0.4, 0.5) is 5.69 Å². The summed E-state index contributed by atoms with van der Waals surface area (Å²) in [7, 11) is -1.38. The number of ether oxygens (including phenoxy) is 2. The number of sulfonamides is 1. The standard InChI is InChI=1S/C31H38BrN3O6S/c1-21(2)18-33-31(37)23(4)34(19-24-8-7-9-25(32)16-24)30(36)20-35(28-17-26(40-5)12-15-29(28)41-6)42(38,39)27-13-10-22(3)11-14-27/h7-17,21,23H,18-20H2,1-6H3,(H,33,37)/t23-/m1/s1. The number of aryl methyl sites for hydroxylation is 1. The molecule has 2 amide bonds. The average molecular weight is 661 g/mol. The van der Waals surface area contributed by atoms with Crippen molar-refractivity contribution in [2.45, 2.75) is 45.2 Å². The lowest BCUT2D eigenvalue weighted by atomic mass is 10.1. The number of nitrogens with one attached hydrogen (secondary N) is 1. The molecule has 0 aliphatic rings. The van der Waals surface area contributed by atoms with Gasteiger partial charge in [-0.2, -0.15) is 0 Å². The van der Waals surface area contributed by atoms with Crippen molar-refractivity contribution in [3.63, 3.8) is 0 Å². The first-order valence-corrected chi connectivity index (χ1v) is 15.7. The number of benzene rings is 3. The van der Waals surface area contributed by atoms with E-state index in [9.17, 15) is 18.0 Å². The summed E-state index contributed by atoms with van der Waals surface area (Å²) in [5, 5.41) is 2.88. The van der Waals surface area contributed by atoms with Crippen molar-refractivity contribution < 1.29 is 27.5 Å². The first-order chi connectivity index (χ1) is 19.9. The summed E-state index contributed by atoms with van der Waals surface area (Å²) in [6, 6.07) is 17.6. The summed E-state index contributed by atoms with van der Waals surface area (Å²) in [4.78, 5) is 28.7. The van der Waals surface area contributed by atoms with Gasteiger partial charge in [0.05, 0.1) is 24.8 Å². The Bertz CT molecular complexity index is 1490. The number of hydrogen-bond donors (Lipinski definition) is 1. The maximum absolute atomic E-state index is 14.1. The SMILES string of the molecule is COc1ccc(OC)c(N(CC(=O)N(Cc2cccc(Br)c2)[C@H](C)C(=O)NCC(C)C)S(=O)(=O)c2ccc(C)cc2)c1. The van der Waals surface area contributed by atoms with Gasteiger partial charge in [-0.25, -0.2) is 8.42 Å². The van der Waals surface area contributed by atoms with E-state index < -0.39 is 28.5 Å². The van der Waals surface area contributed by atoms with Gasteiger partial charge >= 0.3 is 0 Å². The number of carbonyl (C=O) groups is 2. The second kappa shape index (κ2) is 14.6. The van der Waals surface area contributed by atoms with Gasteiger partial charge in [0, 0.05) is 23.6 Å². The van der Waals surface area contributed by atoms with Gasteiger partial charge in [-0.15, -0.1) is 0 Å². The molecule has 0 aromatic heterocycles. The quantitative estimate of drug-likeness (QED) is 0.272. The van der Waals surface area contributed by atoms with Crippen LogP contribution in [0.15, 0.2) is 76.1 Å². The molecular weight excluding hydrogens is 622 g/mol. The van der Waals surface area contributed by atoms with Crippen molar-refractivity contribution in [2.75, 3.05) is 31.6 Å². The Morgan fingerprint density at radius 2 is 1.64 bits per heavy atom. The van der Waals surface area contributed by atoms with Gasteiger partial charge in [-0.1, -0.05) is 59.6 Å². The van der Waals surface area contributed by atoms with Gasteiger partial charge in [0.2, 0.25) is 11.8 Å². The lowest BCUT2D eigenvalue weighted by Crippen LogP contribution is -2.51. The summed E-state index contributed by atoms with van der Waals surface area (Å²) in [5.41, 5.74) is 1.79. The van der Waals surface area contributed by atoms with E-state index in [4.69, 9.17) is 9.47 Å². The molecule has 1 atom stereocenters. The number of rotatable bonds is 13. The van der Waals surface area contributed by atoms with Gasteiger partial charge < -0.3 is 19.7 Å². The number of carbonyl (C=O) groups excluding carboxylic acids is 2. The predicted octanol–water partition coefficient (Wildman–Crippen LogP) is 5.16. The molecule has 0 saturated carbocycles. The number of nitrogens with zero attached hydrogens (tertiary/aromatic N) is 2. The van der Waals surface area contributed by atoms with Crippen molar-refractivity contribution in [1.82, 2.24) is 10.2 Å². The average Bonchev–Trinajstić information content (AvgIpc) is 2.96. The summed E-state index contributed by atoms with van der Waals surface area (Å²) in [5.74, 6) is -0.0666. The van der Waals surface area contributed by atoms with Crippen LogP contribution in [-0.2, 0) is 26.2 Å². The third-order valence-electron chi connectivity index (χ3n) is 6.64. The van der Waals surface area contributed by atoms with E-state index in [1.165, 1.54) is 37.3 Å². The highest BCUT2D eigenvalue weighted by atomic mass is 79.9. The zero-order chi connectivity index (χ0) is 31.0. The molecule has 0 radical (unpaired) electrons. The van der Waals surface area contributed by atoms with Crippen LogP contribution in [0.25, 0.3) is 0 Å². The molecular formula is C31H38BrN3O6S. The summed E-state index contributed by atoms with van der Waals surface area (Å²) >= 11 is 3.46.